The molecule has 0 unspecified atom stereocenters. The first kappa shape index (κ1) is 18.5. The van der Waals surface area contributed by atoms with Gasteiger partial charge < -0.3 is 14.2 Å². The fourth-order valence-electron chi connectivity index (χ4n) is 2.92. The van der Waals surface area contributed by atoms with Gasteiger partial charge >= 0.3 is 0 Å². The molecule has 1 saturated heterocycles. The Morgan fingerprint density at radius 1 is 0.885 bits per heavy atom. The molecule has 0 aromatic heterocycles. The van der Waals surface area contributed by atoms with E-state index in [1.54, 1.807) is 0 Å². The van der Waals surface area contributed by atoms with Gasteiger partial charge in [-0.05, 0) is 55.3 Å². The van der Waals surface area contributed by atoms with E-state index in [1.807, 2.05) is 31.2 Å². The molecule has 1 fully saturated rings. The molecule has 2 aromatic rings. The van der Waals surface area contributed by atoms with Crippen LogP contribution in [0.25, 0.3) is 0 Å². The number of rotatable bonds is 5. The van der Waals surface area contributed by atoms with E-state index in [-0.39, 0.29) is 6.29 Å². The highest BCUT2D eigenvalue weighted by atomic mass is 16.7. The molecule has 0 spiro atoms. The lowest BCUT2D eigenvalue weighted by atomic mass is 9.99. The Bertz CT molecular complexity index is 730. The minimum atomic E-state index is -0.0319. The highest BCUT2D eigenvalue weighted by molar-refractivity contribution is 5.45. The Morgan fingerprint density at radius 3 is 2.00 bits per heavy atom. The van der Waals surface area contributed by atoms with Gasteiger partial charge in [-0.25, -0.2) is 0 Å². The van der Waals surface area contributed by atoms with Crippen LogP contribution in [0.15, 0.2) is 48.5 Å². The van der Waals surface area contributed by atoms with Crippen molar-refractivity contribution >= 4 is 0 Å². The first-order chi connectivity index (χ1) is 12.8. The maximum Gasteiger partial charge on any atom is 0.157 e. The molecule has 0 bridgehead atoms. The summed E-state index contributed by atoms with van der Waals surface area (Å²) in [5.41, 5.74) is 3.23. The molecule has 0 amide bonds. The van der Waals surface area contributed by atoms with E-state index in [9.17, 15) is 0 Å². The van der Waals surface area contributed by atoms with E-state index in [0.29, 0.717) is 12.5 Å². The van der Waals surface area contributed by atoms with Crippen molar-refractivity contribution in [2.24, 2.45) is 0 Å². The molecular weight excluding hydrogens is 324 g/mol. The smallest absolute Gasteiger partial charge is 0.157 e. The standard InChI is InChI=1S/C23H26O3/c1-3-5-23-25-16-21(17-26-23)20-12-8-18(9-13-20)6-7-19-10-14-22(15-11-19)24-4-2/h8-15,21,23H,3-5,16-17H2,1-2H3. The van der Waals surface area contributed by atoms with Gasteiger partial charge in [-0.1, -0.05) is 37.3 Å². The molecule has 3 heteroatoms. The topological polar surface area (TPSA) is 27.7 Å². The highest BCUT2D eigenvalue weighted by Gasteiger charge is 2.22. The van der Waals surface area contributed by atoms with Crippen LogP contribution in [-0.2, 0) is 9.47 Å². The van der Waals surface area contributed by atoms with Crippen LogP contribution in [0.1, 0.15) is 49.3 Å². The Balaban J connectivity index is 1.58. The van der Waals surface area contributed by atoms with E-state index in [2.05, 4.69) is 43.0 Å². The zero-order valence-electron chi connectivity index (χ0n) is 15.5. The summed E-state index contributed by atoms with van der Waals surface area (Å²) >= 11 is 0. The van der Waals surface area contributed by atoms with E-state index in [0.717, 1.165) is 42.9 Å². The van der Waals surface area contributed by atoms with Gasteiger partial charge in [-0.2, -0.15) is 0 Å². The summed E-state index contributed by atoms with van der Waals surface area (Å²) in [6.45, 7) is 6.25. The maximum atomic E-state index is 5.79. The van der Waals surface area contributed by atoms with Gasteiger partial charge in [0.15, 0.2) is 6.29 Å². The molecule has 0 radical (unpaired) electrons. The first-order valence-corrected chi connectivity index (χ1v) is 9.36. The Morgan fingerprint density at radius 2 is 1.46 bits per heavy atom. The maximum absolute atomic E-state index is 5.79. The van der Waals surface area contributed by atoms with E-state index in [4.69, 9.17) is 14.2 Å². The first-order valence-electron chi connectivity index (χ1n) is 9.36. The summed E-state index contributed by atoms with van der Waals surface area (Å²) in [6.07, 6.45) is 2.01. The molecule has 0 atom stereocenters. The van der Waals surface area contributed by atoms with Crippen LogP contribution in [0.3, 0.4) is 0 Å². The number of hydrogen-bond acceptors (Lipinski definition) is 3. The summed E-state index contributed by atoms with van der Waals surface area (Å²) in [5.74, 6) is 7.58. The van der Waals surface area contributed by atoms with Gasteiger partial charge in [0.2, 0.25) is 0 Å². The van der Waals surface area contributed by atoms with Crippen molar-refractivity contribution in [2.75, 3.05) is 19.8 Å². The normalized spacial score (nSPS) is 19.5. The minimum absolute atomic E-state index is 0.0319. The summed E-state index contributed by atoms with van der Waals surface area (Å²) in [7, 11) is 0. The predicted molar refractivity (Wildman–Crippen MR) is 103 cm³/mol. The zero-order chi connectivity index (χ0) is 18.2. The van der Waals surface area contributed by atoms with Gasteiger partial charge in [0.05, 0.1) is 19.8 Å². The Hall–Kier alpha value is -2.28. The van der Waals surface area contributed by atoms with E-state index in [1.165, 1.54) is 5.56 Å². The average Bonchev–Trinajstić information content (AvgIpc) is 2.69. The predicted octanol–water partition coefficient (Wildman–Crippen LogP) is 4.74. The van der Waals surface area contributed by atoms with Crippen LogP contribution in [0.5, 0.6) is 5.75 Å². The molecule has 3 rings (SSSR count). The van der Waals surface area contributed by atoms with Crippen LogP contribution in [0.4, 0.5) is 0 Å². The van der Waals surface area contributed by atoms with Crippen LogP contribution in [-0.4, -0.2) is 26.1 Å². The summed E-state index contributed by atoms with van der Waals surface area (Å²) in [4.78, 5) is 0. The van der Waals surface area contributed by atoms with Gasteiger partial charge in [0.1, 0.15) is 5.75 Å². The molecule has 2 aromatic carbocycles. The lowest BCUT2D eigenvalue weighted by Crippen LogP contribution is -2.30. The molecule has 3 nitrogen and oxygen atoms in total. The molecular formula is C23H26O3. The van der Waals surface area contributed by atoms with Crippen molar-refractivity contribution in [2.45, 2.75) is 38.9 Å². The monoisotopic (exact) mass is 350 g/mol. The molecule has 1 heterocycles. The fraction of sp³-hybridized carbons (Fsp3) is 0.391. The minimum Gasteiger partial charge on any atom is -0.494 e. The SMILES string of the molecule is CCCC1OCC(c2ccc(C#Cc3ccc(OCC)cc3)cc2)CO1. The van der Waals surface area contributed by atoms with Gasteiger partial charge in [0.25, 0.3) is 0 Å². The van der Waals surface area contributed by atoms with Crippen molar-refractivity contribution in [3.63, 3.8) is 0 Å². The van der Waals surface area contributed by atoms with Crippen molar-refractivity contribution in [3.05, 3.63) is 65.2 Å². The van der Waals surface area contributed by atoms with E-state index < -0.39 is 0 Å². The Labute approximate surface area is 156 Å². The van der Waals surface area contributed by atoms with Crippen LogP contribution in [0, 0.1) is 11.8 Å². The average molecular weight is 350 g/mol. The highest BCUT2D eigenvalue weighted by Crippen LogP contribution is 2.24. The second kappa shape index (κ2) is 9.43. The number of benzene rings is 2. The van der Waals surface area contributed by atoms with Crippen LogP contribution in [0.2, 0.25) is 0 Å². The molecule has 1 aliphatic heterocycles. The Kier molecular flexibility index (Phi) is 6.71. The van der Waals surface area contributed by atoms with Gasteiger partial charge in [0, 0.05) is 17.0 Å². The van der Waals surface area contributed by atoms with Crippen LogP contribution >= 0.6 is 0 Å². The van der Waals surface area contributed by atoms with Gasteiger partial charge in [-0.15, -0.1) is 0 Å². The molecule has 0 aliphatic carbocycles. The van der Waals surface area contributed by atoms with Crippen molar-refractivity contribution in [1.82, 2.24) is 0 Å². The molecule has 0 saturated carbocycles. The lowest BCUT2D eigenvalue weighted by Gasteiger charge is -2.29. The molecule has 136 valence electrons. The summed E-state index contributed by atoms with van der Waals surface area (Å²) < 4.78 is 17.0. The number of hydrogen-bond donors (Lipinski definition) is 0. The van der Waals surface area contributed by atoms with E-state index >= 15 is 0 Å². The largest absolute Gasteiger partial charge is 0.494 e. The van der Waals surface area contributed by atoms with Crippen molar-refractivity contribution in [1.29, 1.82) is 0 Å². The third kappa shape index (κ3) is 5.11. The van der Waals surface area contributed by atoms with Gasteiger partial charge in [-0.3, -0.25) is 0 Å². The quantitative estimate of drug-likeness (QED) is 0.729. The second-order valence-corrected chi connectivity index (χ2v) is 6.41. The summed E-state index contributed by atoms with van der Waals surface area (Å²) in [6, 6.07) is 16.2. The third-order valence-corrected chi connectivity index (χ3v) is 4.39. The van der Waals surface area contributed by atoms with Crippen LogP contribution < -0.4 is 4.74 Å². The van der Waals surface area contributed by atoms with Crippen molar-refractivity contribution in [3.8, 4) is 17.6 Å². The zero-order valence-corrected chi connectivity index (χ0v) is 15.5. The third-order valence-electron chi connectivity index (χ3n) is 4.39. The lowest BCUT2D eigenvalue weighted by molar-refractivity contribution is -0.189. The molecule has 0 N–H and O–H groups in total. The summed E-state index contributed by atoms with van der Waals surface area (Å²) in [5, 5.41) is 0. The second-order valence-electron chi connectivity index (χ2n) is 6.41. The fourth-order valence-corrected chi connectivity index (χ4v) is 2.92. The number of ether oxygens (including phenoxy) is 3. The molecule has 26 heavy (non-hydrogen) atoms. The van der Waals surface area contributed by atoms with Crippen molar-refractivity contribution < 1.29 is 14.2 Å². The molecule has 1 aliphatic rings.